The molecule has 5 nitrogen and oxygen atoms in total. The zero-order chi connectivity index (χ0) is 11.0. The molecule has 0 bridgehead atoms. The minimum Gasteiger partial charge on any atom is -0.480 e. The molecule has 84 valence electrons. The molecule has 2 rings (SSSR count). The summed E-state index contributed by atoms with van der Waals surface area (Å²) in [5, 5.41) is 11.7. The number of hydrogen-bond donors (Lipinski definition) is 2. The molecule has 0 radical (unpaired) electrons. The number of aliphatic carboxylic acids is 1. The maximum absolute atomic E-state index is 11.7. The van der Waals surface area contributed by atoms with Gasteiger partial charge in [0.1, 0.15) is 6.04 Å². The van der Waals surface area contributed by atoms with Gasteiger partial charge in [0.25, 0.3) is 0 Å². The van der Waals surface area contributed by atoms with Crippen molar-refractivity contribution in [1.29, 1.82) is 0 Å². The maximum atomic E-state index is 11.7. The first kappa shape index (κ1) is 10.6. The smallest absolute Gasteiger partial charge is 0.327 e. The lowest BCUT2D eigenvalue weighted by Crippen LogP contribution is -2.47. The number of carbonyl (C=O) groups is 2. The van der Waals surface area contributed by atoms with Crippen LogP contribution in [0.25, 0.3) is 0 Å². The van der Waals surface area contributed by atoms with Crippen molar-refractivity contribution in [2.45, 2.75) is 25.4 Å². The molecule has 0 aromatic heterocycles. The van der Waals surface area contributed by atoms with E-state index in [1.54, 1.807) is 0 Å². The molecule has 0 aromatic carbocycles. The molecule has 3 atom stereocenters. The fourth-order valence-corrected chi connectivity index (χ4v) is 2.76. The Morgan fingerprint density at radius 2 is 2.20 bits per heavy atom. The summed E-state index contributed by atoms with van der Waals surface area (Å²) in [5.41, 5.74) is 0. The molecule has 3 unspecified atom stereocenters. The van der Waals surface area contributed by atoms with Crippen LogP contribution in [-0.4, -0.2) is 45.7 Å². The SMILES string of the molecule is CC1CC1NC(=O)N1CSCC1C(=O)O. The van der Waals surface area contributed by atoms with Crippen molar-refractivity contribution in [3.05, 3.63) is 0 Å². The van der Waals surface area contributed by atoms with E-state index in [4.69, 9.17) is 5.11 Å². The van der Waals surface area contributed by atoms with Gasteiger partial charge in [0.05, 0.1) is 5.88 Å². The molecule has 1 aliphatic carbocycles. The summed E-state index contributed by atoms with van der Waals surface area (Å²) < 4.78 is 0. The number of nitrogens with zero attached hydrogens (tertiary/aromatic N) is 1. The Balaban J connectivity index is 1.91. The first-order valence-corrected chi connectivity index (χ1v) is 6.12. The van der Waals surface area contributed by atoms with Crippen molar-refractivity contribution in [3.63, 3.8) is 0 Å². The number of amides is 2. The van der Waals surface area contributed by atoms with E-state index in [-0.39, 0.29) is 12.1 Å². The Labute approximate surface area is 92.2 Å². The molecule has 1 heterocycles. The van der Waals surface area contributed by atoms with Crippen LogP contribution in [0.2, 0.25) is 0 Å². The second-order valence-corrected chi connectivity index (χ2v) is 5.09. The number of urea groups is 1. The average Bonchev–Trinajstić information content (AvgIpc) is 2.71. The second-order valence-electron chi connectivity index (χ2n) is 4.09. The zero-order valence-corrected chi connectivity index (χ0v) is 9.29. The van der Waals surface area contributed by atoms with E-state index in [1.807, 2.05) is 0 Å². The minimum atomic E-state index is -0.918. The van der Waals surface area contributed by atoms with Crippen molar-refractivity contribution in [2.24, 2.45) is 5.92 Å². The number of thioether (sulfide) groups is 1. The van der Waals surface area contributed by atoms with Gasteiger partial charge < -0.3 is 15.3 Å². The Hall–Kier alpha value is -0.910. The highest BCUT2D eigenvalue weighted by molar-refractivity contribution is 7.99. The molecule has 1 saturated carbocycles. The van der Waals surface area contributed by atoms with Crippen LogP contribution in [0.4, 0.5) is 4.79 Å². The molecular formula is C9H14N2O3S. The average molecular weight is 230 g/mol. The van der Waals surface area contributed by atoms with Crippen LogP contribution in [0.15, 0.2) is 0 Å². The summed E-state index contributed by atoms with van der Waals surface area (Å²) in [4.78, 5) is 23.9. The Kier molecular flexibility index (Phi) is 2.77. The molecule has 0 aromatic rings. The van der Waals surface area contributed by atoms with E-state index >= 15 is 0 Å². The highest BCUT2D eigenvalue weighted by Crippen LogP contribution is 2.30. The molecule has 0 spiro atoms. The summed E-state index contributed by atoms with van der Waals surface area (Å²) in [6.07, 6.45) is 1.00. The van der Waals surface area contributed by atoms with Gasteiger partial charge in [-0.1, -0.05) is 6.92 Å². The minimum absolute atomic E-state index is 0.234. The first-order chi connectivity index (χ1) is 7.09. The molecule has 15 heavy (non-hydrogen) atoms. The third kappa shape index (κ3) is 2.19. The largest absolute Gasteiger partial charge is 0.480 e. The molecular weight excluding hydrogens is 216 g/mol. The number of carboxylic acid groups (broad SMARTS) is 1. The van der Waals surface area contributed by atoms with Gasteiger partial charge in [-0.2, -0.15) is 0 Å². The van der Waals surface area contributed by atoms with Gasteiger partial charge in [0.2, 0.25) is 0 Å². The number of carboxylic acids is 1. The molecule has 2 aliphatic rings. The fourth-order valence-electron chi connectivity index (χ4n) is 1.61. The maximum Gasteiger partial charge on any atom is 0.327 e. The first-order valence-electron chi connectivity index (χ1n) is 4.97. The van der Waals surface area contributed by atoms with E-state index in [1.165, 1.54) is 16.7 Å². The lowest BCUT2D eigenvalue weighted by molar-refractivity contribution is -0.140. The van der Waals surface area contributed by atoms with E-state index < -0.39 is 12.0 Å². The molecule has 1 saturated heterocycles. The van der Waals surface area contributed by atoms with Crippen LogP contribution in [0.3, 0.4) is 0 Å². The quantitative estimate of drug-likeness (QED) is 0.727. The van der Waals surface area contributed by atoms with Crippen molar-refractivity contribution in [3.8, 4) is 0 Å². The van der Waals surface area contributed by atoms with Crippen molar-refractivity contribution >= 4 is 23.8 Å². The van der Waals surface area contributed by atoms with Crippen molar-refractivity contribution in [1.82, 2.24) is 10.2 Å². The van der Waals surface area contributed by atoms with Crippen LogP contribution in [0.5, 0.6) is 0 Å². The molecule has 2 amide bonds. The lowest BCUT2D eigenvalue weighted by atomic mass is 10.3. The number of rotatable bonds is 2. The summed E-state index contributed by atoms with van der Waals surface area (Å²) >= 11 is 1.48. The van der Waals surface area contributed by atoms with Gasteiger partial charge in [0, 0.05) is 11.8 Å². The summed E-state index contributed by atoms with van der Waals surface area (Å²) in [6, 6.07) is -0.650. The van der Waals surface area contributed by atoms with E-state index in [9.17, 15) is 9.59 Å². The highest BCUT2D eigenvalue weighted by atomic mass is 32.2. The summed E-state index contributed by atoms with van der Waals surface area (Å²) in [5.74, 6) is 0.582. The highest BCUT2D eigenvalue weighted by Gasteiger charge is 2.39. The molecule has 6 heteroatoms. The summed E-state index contributed by atoms with van der Waals surface area (Å²) in [6.45, 7) is 2.07. The van der Waals surface area contributed by atoms with Crippen LogP contribution in [0, 0.1) is 5.92 Å². The van der Waals surface area contributed by atoms with Crippen LogP contribution >= 0.6 is 11.8 Å². The standard InChI is InChI=1S/C9H14N2O3S/c1-5-2-6(5)10-9(14)11-4-15-3-7(11)8(12)13/h5-7H,2-4H2,1H3,(H,10,14)(H,12,13). The third-order valence-corrected chi connectivity index (χ3v) is 3.86. The lowest BCUT2D eigenvalue weighted by Gasteiger charge is -2.20. The molecule has 2 fully saturated rings. The van der Waals surface area contributed by atoms with Crippen molar-refractivity contribution < 1.29 is 14.7 Å². The fraction of sp³-hybridized carbons (Fsp3) is 0.778. The molecule has 1 aliphatic heterocycles. The zero-order valence-electron chi connectivity index (χ0n) is 8.47. The van der Waals surface area contributed by atoms with Crippen molar-refractivity contribution in [2.75, 3.05) is 11.6 Å². The monoisotopic (exact) mass is 230 g/mol. The van der Waals surface area contributed by atoms with E-state index in [0.29, 0.717) is 17.5 Å². The summed E-state index contributed by atoms with van der Waals surface area (Å²) in [7, 11) is 0. The predicted octanol–water partition coefficient (Wildman–Crippen LogP) is 0.564. The van der Waals surface area contributed by atoms with Gasteiger partial charge in [-0.3, -0.25) is 0 Å². The Morgan fingerprint density at radius 1 is 1.53 bits per heavy atom. The molecule has 2 N–H and O–H groups in total. The van der Waals surface area contributed by atoms with Crippen LogP contribution in [0.1, 0.15) is 13.3 Å². The number of hydrogen-bond acceptors (Lipinski definition) is 3. The Bertz CT molecular complexity index is 297. The normalized spacial score (nSPS) is 33.9. The number of carbonyl (C=O) groups excluding carboxylic acids is 1. The van der Waals surface area contributed by atoms with Gasteiger partial charge >= 0.3 is 12.0 Å². The number of nitrogens with one attached hydrogen (secondary N) is 1. The van der Waals surface area contributed by atoms with E-state index in [0.717, 1.165) is 6.42 Å². The van der Waals surface area contributed by atoms with Gasteiger partial charge in [-0.15, -0.1) is 11.8 Å². The third-order valence-electron chi connectivity index (χ3n) is 2.85. The second kappa shape index (κ2) is 3.92. The topological polar surface area (TPSA) is 69.6 Å². The van der Waals surface area contributed by atoms with Gasteiger partial charge in [-0.05, 0) is 12.3 Å². The van der Waals surface area contributed by atoms with Crippen LogP contribution < -0.4 is 5.32 Å². The van der Waals surface area contributed by atoms with Crippen LogP contribution in [-0.2, 0) is 4.79 Å². The Morgan fingerprint density at radius 3 is 2.73 bits per heavy atom. The van der Waals surface area contributed by atoms with E-state index in [2.05, 4.69) is 12.2 Å². The van der Waals surface area contributed by atoms with Gasteiger partial charge in [-0.25, -0.2) is 9.59 Å². The predicted molar refractivity (Wildman–Crippen MR) is 56.7 cm³/mol. The van der Waals surface area contributed by atoms with Gasteiger partial charge in [0.15, 0.2) is 0 Å².